The predicted octanol–water partition coefficient (Wildman–Crippen LogP) is 8.21. The third kappa shape index (κ3) is 4.52. The molecule has 0 amide bonds. The Bertz CT molecular complexity index is 1660. The molecule has 1 aliphatic heterocycles. The fraction of sp³-hybridized carbons (Fsp3) is 0. The summed E-state index contributed by atoms with van der Waals surface area (Å²) in [6.07, 6.45) is 1.97. The van der Waals surface area contributed by atoms with E-state index >= 15 is 0 Å². The Morgan fingerprint density at radius 1 is 0.605 bits per heavy atom. The van der Waals surface area contributed by atoms with Crippen LogP contribution in [0.5, 0.6) is 0 Å². The summed E-state index contributed by atoms with van der Waals surface area (Å²) in [6, 6.07) is 40.1. The van der Waals surface area contributed by atoms with Crippen molar-refractivity contribution in [3.8, 4) is 22.4 Å². The van der Waals surface area contributed by atoms with Gasteiger partial charge >= 0.3 is 7.40 Å². The average Bonchev–Trinajstić information content (AvgIpc) is 3.57. The largest absolute Gasteiger partial charge is 0.679 e. The highest BCUT2D eigenvalue weighted by molar-refractivity contribution is 6.43. The molecule has 0 spiro atoms. The van der Waals surface area contributed by atoms with Crippen LogP contribution in [0, 0.1) is 0 Å². The van der Waals surface area contributed by atoms with Crippen LogP contribution in [0.4, 0.5) is 14.4 Å². The highest BCUT2D eigenvalue weighted by Gasteiger charge is 2.29. The van der Waals surface area contributed by atoms with Crippen molar-refractivity contribution in [2.24, 2.45) is 9.98 Å². The standard InChI is InChI=1S/C32H22BF2N3/c34-33(35)38-30(26-19-11-4-12-20-26)22-28(24-15-7-2-8-16-24)32(38)37-31-27(23-13-5-1-6-14-23)21-29(36-31)25-17-9-3-10-18-25/h1-22H. The molecule has 5 aromatic rings. The predicted molar refractivity (Wildman–Crippen MR) is 153 cm³/mol. The Hall–Kier alpha value is -4.84. The van der Waals surface area contributed by atoms with Gasteiger partial charge in [0.15, 0.2) is 5.84 Å². The van der Waals surface area contributed by atoms with Gasteiger partial charge in [-0.1, -0.05) is 121 Å². The summed E-state index contributed by atoms with van der Waals surface area (Å²) < 4.78 is 30.6. The quantitative estimate of drug-likeness (QED) is 0.212. The molecular formula is C32H22BF2N3. The highest BCUT2D eigenvalue weighted by atomic mass is 19.2. The normalized spacial score (nSPS) is 13.9. The van der Waals surface area contributed by atoms with Crippen LogP contribution in [0.1, 0.15) is 11.1 Å². The fourth-order valence-corrected chi connectivity index (χ4v) is 4.67. The van der Waals surface area contributed by atoms with Crippen molar-refractivity contribution in [3.63, 3.8) is 0 Å². The number of aromatic nitrogens is 1. The number of amidine groups is 1. The zero-order valence-electron chi connectivity index (χ0n) is 20.4. The summed E-state index contributed by atoms with van der Waals surface area (Å²) in [5.41, 5.74) is 5.88. The maximum absolute atomic E-state index is 14.8. The summed E-state index contributed by atoms with van der Waals surface area (Å²) in [4.78, 5) is 9.72. The average molecular weight is 497 g/mol. The molecule has 4 aromatic carbocycles. The zero-order chi connectivity index (χ0) is 25.9. The lowest BCUT2D eigenvalue weighted by atomic mass is 10.0. The number of allylic oxidation sites excluding steroid dienone is 1. The molecule has 38 heavy (non-hydrogen) atoms. The van der Waals surface area contributed by atoms with Gasteiger partial charge in [0.2, 0.25) is 0 Å². The maximum atomic E-state index is 14.8. The number of hydrogen-bond donors (Lipinski definition) is 0. The fourth-order valence-electron chi connectivity index (χ4n) is 4.67. The first-order valence-corrected chi connectivity index (χ1v) is 12.3. The van der Waals surface area contributed by atoms with Crippen molar-refractivity contribution in [2.45, 2.75) is 0 Å². The molecule has 1 aromatic heterocycles. The highest BCUT2D eigenvalue weighted by Crippen LogP contribution is 2.40. The molecule has 0 saturated heterocycles. The number of nitrogens with zero attached hydrogens (tertiary/aromatic N) is 3. The van der Waals surface area contributed by atoms with Crippen molar-refractivity contribution >= 4 is 30.3 Å². The van der Waals surface area contributed by atoms with Gasteiger partial charge in [-0.15, -0.1) is 0 Å². The molecule has 0 atom stereocenters. The van der Waals surface area contributed by atoms with E-state index in [1.807, 2.05) is 127 Å². The van der Waals surface area contributed by atoms with E-state index in [1.165, 1.54) is 0 Å². The Balaban J connectivity index is 1.60. The minimum atomic E-state index is -2.80. The van der Waals surface area contributed by atoms with Crippen molar-refractivity contribution in [1.82, 2.24) is 4.48 Å². The molecular weight excluding hydrogens is 475 g/mol. The van der Waals surface area contributed by atoms with Crippen LogP contribution in [-0.4, -0.2) is 23.4 Å². The van der Waals surface area contributed by atoms with E-state index in [2.05, 4.69) is 0 Å². The molecule has 2 heterocycles. The molecule has 0 saturated carbocycles. The molecule has 3 nitrogen and oxygen atoms in total. The third-order valence-electron chi connectivity index (χ3n) is 6.47. The molecule has 0 unspecified atom stereocenters. The first kappa shape index (κ1) is 23.6. The second-order valence-corrected chi connectivity index (χ2v) is 8.87. The SMILES string of the molecule is FB(F)n1c(-c2ccccc2)cc(-c2ccccc2)c1N=C1N=C(c2ccccc2)C=C1c1ccccc1. The van der Waals surface area contributed by atoms with E-state index in [0.717, 1.165) is 32.5 Å². The molecule has 6 heteroatoms. The van der Waals surface area contributed by atoms with E-state index in [-0.39, 0.29) is 5.82 Å². The number of rotatable bonds is 6. The van der Waals surface area contributed by atoms with Crippen molar-refractivity contribution in [3.05, 3.63) is 145 Å². The Morgan fingerprint density at radius 2 is 1.11 bits per heavy atom. The molecule has 0 bridgehead atoms. The zero-order valence-corrected chi connectivity index (χ0v) is 20.4. The van der Waals surface area contributed by atoms with Gasteiger partial charge < -0.3 is 4.48 Å². The van der Waals surface area contributed by atoms with E-state index in [4.69, 9.17) is 9.98 Å². The monoisotopic (exact) mass is 497 g/mol. The lowest BCUT2D eigenvalue weighted by molar-refractivity contribution is 0.632. The van der Waals surface area contributed by atoms with Crippen LogP contribution in [0.3, 0.4) is 0 Å². The number of halogens is 2. The smallest absolute Gasteiger partial charge is 0.309 e. The molecule has 1 aliphatic rings. The Kier molecular flexibility index (Phi) is 6.36. The Labute approximate surface area is 220 Å². The first-order valence-electron chi connectivity index (χ1n) is 12.3. The maximum Gasteiger partial charge on any atom is 0.679 e. The third-order valence-corrected chi connectivity index (χ3v) is 6.47. The van der Waals surface area contributed by atoms with Crippen LogP contribution < -0.4 is 0 Å². The van der Waals surface area contributed by atoms with Gasteiger partial charge in [-0.05, 0) is 28.8 Å². The van der Waals surface area contributed by atoms with E-state index < -0.39 is 7.40 Å². The minimum absolute atomic E-state index is 0.167. The van der Waals surface area contributed by atoms with Gasteiger partial charge in [0, 0.05) is 22.4 Å². The number of benzene rings is 4. The first-order chi connectivity index (χ1) is 18.7. The van der Waals surface area contributed by atoms with Gasteiger partial charge in [0.05, 0.1) is 5.71 Å². The van der Waals surface area contributed by atoms with Gasteiger partial charge in [0.1, 0.15) is 5.82 Å². The van der Waals surface area contributed by atoms with Crippen LogP contribution in [0.2, 0.25) is 0 Å². The minimum Gasteiger partial charge on any atom is -0.309 e. The molecule has 182 valence electrons. The summed E-state index contributed by atoms with van der Waals surface area (Å²) in [5.74, 6) is 0.562. The van der Waals surface area contributed by atoms with Crippen molar-refractivity contribution < 1.29 is 8.63 Å². The van der Waals surface area contributed by atoms with Crippen molar-refractivity contribution in [1.29, 1.82) is 0 Å². The Morgan fingerprint density at radius 3 is 1.66 bits per heavy atom. The van der Waals surface area contributed by atoms with Gasteiger partial charge in [-0.25, -0.2) is 9.98 Å². The summed E-state index contributed by atoms with van der Waals surface area (Å²) >= 11 is 0. The summed E-state index contributed by atoms with van der Waals surface area (Å²) in [5, 5.41) is 0. The van der Waals surface area contributed by atoms with Gasteiger partial charge in [0.25, 0.3) is 0 Å². The van der Waals surface area contributed by atoms with Crippen molar-refractivity contribution in [2.75, 3.05) is 0 Å². The lowest BCUT2D eigenvalue weighted by Crippen LogP contribution is -2.14. The lowest BCUT2D eigenvalue weighted by Gasteiger charge is -2.10. The van der Waals surface area contributed by atoms with E-state index in [0.29, 0.717) is 22.7 Å². The number of hydrogen-bond acceptors (Lipinski definition) is 1. The van der Waals surface area contributed by atoms with Crippen LogP contribution in [0.25, 0.3) is 28.0 Å². The summed E-state index contributed by atoms with van der Waals surface area (Å²) in [7, 11) is -2.80. The van der Waals surface area contributed by atoms with Crippen LogP contribution >= 0.6 is 0 Å². The summed E-state index contributed by atoms with van der Waals surface area (Å²) in [6.45, 7) is 0. The van der Waals surface area contributed by atoms with Crippen LogP contribution in [-0.2, 0) is 0 Å². The topological polar surface area (TPSA) is 29.6 Å². The second-order valence-electron chi connectivity index (χ2n) is 8.87. The van der Waals surface area contributed by atoms with Gasteiger partial charge in [-0.3, -0.25) is 8.63 Å². The molecule has 6 rings (SSSR count). The van der Waals surface area contributed by atoms with E-state index in [9.17, 15) is 8.63 Å². The molecule has 0 aliphatic carbocycles. The van der Waals surface area contributed by atoms with Gasteiger partial charge in [-0.2, -0.15) is 0 Å². The van der Waals surface area contributed by atoms with Crippen LogP contribution in [0.15, 0.2) is 143 Å². The van der Waals surface area contributed by atoms with E-state index in [1.54, 1.807) is 6.07 Å². The second kappa shape index (κ2) is 10.3. The molecule has 0 fully saturated rings. The molecule has 0 N–H and O–H groups in total. The number of aliphatic imine (C=N–C) groups is 2. The molecule has 0 radical (unpaired) electrons.